The number of amides is 1. The van der Waals surface area contributed by atoms with E-state index in [1.54, 1.807) is 12.3 Å². The van der Waals surface area contributed by atoms with Gasteiger partial charge in [-0.2, -0.15) is 0 Å². The summed E-state index contributed by atoms with van der Waals surface area (Å²) in [4.78, 5) is 31.3. The number of hydrogen-bond donors (Lipinski definition) is 2. The molecule has 0 aliphatic rings. The van der Waals surface area contributed by atoms with E-state index >= 15 is 0 Å². The molecular formula is C20H21N3O3. The van der Waals surface area contributed by atoms with Gasteiger partial charge in [-0.3, -0.25) is 9.69 Å². The number of H-pyrrole nitrogens is 1. The van der Waals surface area contributed by atoms with Crippen molar-refractivity contribution in [2.75, 3.05) is 0 Å². The number of aromatic nitrogens is 2. The lowest BCUT2D eigenvalue weighted by molar-refractivity contribution is 0.0955. The Hall–Kier alpha value is -3.15. The molecule has 0 unspecified atom stereocenters. The third kappa shape index (κ3) is 3.59. The largest absolute Gasteiger partial charge is 0.465 e. The molecule has 0 atom stereocenters. The van der Waals surface area contributed by atoms with Gasteiger partial charge in [0.15, 0.2) is 0 Å². The molecule has 2 aromatic heterocycles. The molecule has 0 spiro atoms. The molecular weight excluding hydrogens is 330 g/mol. The molecule has 3 rings (SSSR count). The molecule has 0 aliphatic carbocycles. The molecule has 1 aromatic carbocycles. The lowest BCUT2D eigenvalue weighted by Gasteiger charge is -2.33. The third-order valence-electron chi connectivity index (χ3n) is 4.28. The van der Waals surface area contributed by atoms with Crippen molar-refractivity contribution in [1.82, 2.24) is 14.9 Å². The maximum absolute atomic E-state index is 11.5. The second-order valence-electron chi connectivity index (χ2n) is 7.18. The number of pyridine rings is 2. The van der Waals surface area contributed by atoms with E-state index in [4.69, 9.17) is 0 Å². The van der Waals surface area contributed by atoms with Gasteiger partial charge in [-0.1, -0.05) is 24.3 Å². The lowest BCUT2D eigenvalue weighted by Crippen LogP contribution is -2.44. The molecule has 0 fully saturated rings. The average molecular weight is 351 g/mol. The molecule has 26 heavy (non-hydrogen) atoms. The molecule has 2 N–H and O–H groups in total. The third-order valence-corrected chi connectivity index (χ3v) is 4.28. The monoisotopic (exact) mass is 351 g/mol. The first kappa shape index (κ1) is 17.7. The molecule has 0 bridgehead atoms. The van der Waals surface area contributed by atoms with Crippen LogP contribution in [0.1, 0.15) is 26.3 Å². The number of nitrogens with one attached hydrogen (secondary N) is 1. The number of hydrogen-bond acceptors (Lipinski definition) is 3. The quantitative estimate of drug-likeness (QED) is 0.750. The van der Waals surface area contributed by atoms with Crippen LogP contribution in [0.15, 0.2) is 53.5 Å². The number of benzene rings is 1. The first-order valence-electron chi connectivity index (χ1n) is 8.33. The zero-order chi connectivity index (χ0) is 18.9. The smallest absolute Gasteiger partial charge is 0.408 e. The van der Waals surface area contributed by atoms with Gasteiger partial charge in [0.1, 0.15) is 5.65 Å². The summed E-state index contributed by atoms with van der Waals surface area (Å²) >= 11 is 0. The second kappa shape index (κ2) is 6.63. The summed E-state index contributed by atoms with van der Waals surface area (Å²) in [6, 6.07) is 12.9. The van der Waals surface area contributed by atoms with Crippen LogP contribution in [-0.2, 0) is 6.54 Å². The van der Waals surface area contributed by atoms with Gasteiger partial charge in [-0.25, -0.2) is 9.78 Å². The van der Waals surface area contributed by atoms with Crippen LogP contribution in [0.25, 0.3) is 22.2 Å². The minimum absolute atomic E-state index is 0.187. The standard InChI is InChI=1S/C20H21N3O3/c1-20(2,3)23(19(25)26)12-13-4-6-14(7-5-13)15-10-11-21-18-16(15)8-9-17(24)22-18/h4-11H,12H2,1-3H3,(H,25,26)(H,21,22,24). The van der Waals surface area contributed by atoms with E-state index in [-0.39, 0.29) is 5.56 Å². The van der Waals surface area contributed by atoms with Gasteiger partial charge in [0.2, 0.25) is 5.56 Å². The topological polar surface area (TPSA) is 86.3 Å². The summed E-state index contributed by atoms with van der Waals surface area (Å²) < 4.78 is 0. The lowest BCUT2D eigenvalue weighted by atomic mass is 10.0. The Morgan fingerprint density at radius 3 is 2.42 bits per heavy atom. The predicted octanol–water partition coefficient (Wildman–Crippen LogP) is 3.87. The fraction of sp³-hybridized carbons (Fsp3) is 0.250. The molecule has 6 nitrogen and oxygen atoms in total. The number of rotatable bonds is 3. The van der Waals surface area contributed by atoms with Crippen LogP contribution in [0.2, 0.25) is 0 Å². The molecule has 1 amide bonds. The Kier molecular flexibility index (Phi) is 4.50. The second-order valence-corrected chi connectivity index (χ2v) is 7.18. The van der Waals surface area contributed by atoms with Crippen molar-refractivity contribution in [3.05, 3.63) is 64.6 Å². The maximum Gasteiger partial charge on any atom is 0.408 e. The van der Waals surface area contributed by atoms with Gasteiger partial charge in [0, 0.05) is 29.7 Å². The summed E-state index contributed by atoms with van der Waals surface area (Å²) in [6.07, 6.45) is 0.721. The first-order valence-corrected chi connectivity index (χ1v) is 8.33. The average Bonchev–Trinajstić information content (AvgIpc) is 2.58. The first-order chi connectivity index (χ1) is 12.3. The number of carbonyl (C=O) groups is 1. The zero-order valence-corrected chi connectivity index (χ0v) is 15.0. The van der Waals surface area contributed by atoms with E-state index < -0.39 is 11.6 Å². The fourth-order valence-corrected chi connectivity index (χ4v) is 2.87. The minimum atomic E-state index is -0.939. The summed E-state index contributed by atoms with van der Waals surface area (Å²) in [6.45, 7) is 5.95. The molecule has 134 valence electrons. The summed E-state index contributed by atoms with van der Waals surface area (Å²) in [5.41, 5.74) is 2.74. The van der Waals surface area contributed by atoms with Crippen molar-refractivity contribution in [2.45, 2.75) is 32.9 Å². The summed E-state index contributed by atoms with van der Waals surface area (Å²) in [7, 11) is 0. The van der Waals surface area contributed by atoms with Crippen molar-refractivity contribution in [3.63, 3.8) is 0 Å². The van der Waals surface area contributed by atoms with E-state index in [1.165, 1.54) is 11.0 Å². The highest BCUT2D eigenvalue weighted by molar-refractivity contribution is 5.92. The molecule has 6 heteroatoms. The summed E-state index contributed by atoms with van der Waals surface area (Å²) in [5.74, 6) is 0. The number of carboxylic acid groups (broad SMARTS) is 1. The minimum Gasteiger partial charge on any atom is -0.465 e. The molecule has 0 aliphatic heterocycles. The maximum atomic E-state index is 11.5. The number of aromatic amines is 1. The molecule has 3 aromatic rings. The van der Waals surface area contributed by atoms with Gasteiger partial charge < -0.3 is 10.1 Å². The van der Waals surface area contributed by atoms with E-state index in [0.717, 1.165) is 22.1 Å². The Morgan fingerprint density at radius 2 is 1.81 bits per heavy atom. The van der Waals surface area contributed by atoms with Crippen LogP contribution in [0.4, 0.5) is 4.79 Å². The Bertz CT molecular complexity index is 1000. The van der Waals surface area contributed by atoms with Crippen molar-refractivity contribution in [1.29, 1.82) is 0 Å². The number of nitrogens with zero attached hydrogens (tertiary/aromatic N) is 2. The highest BCUT2D eigenvalue weighted by Gasteiger charge is 2.25. The van der Waals surface area contributed by atoms with Crippen LogP contribution in [-0.4, -0.2) is 31.6 Å². The predicted molar refractivity (Wildman–Crippen MR) is 101 cm³/mol. The van der Waals surface area contributed by atoms with E-state index in [1.807, 2.05) is 51.1 Å². The molecule has 0 saturated carbocycles. The van der Waals surface area contributed by atoms with Gasteiger partial charge in [-0.15, -0.1) is 0 Å². The van der Waals surface area contributed by atoms with Gasteiger partial charge in [0.25, 0.3) is 0 Å². The molecule has 0 saturated heterocycles. The normalized spacial score (nSPS) is 11.5. The van der Waals surface area contributed by atoms with Crippen LogP contribution in [0, 0.1) is 0 Å². The van der Waals surface area contributed by atoms with E-state index in [9.17, 15) is 14.7 Å². The Balaban J connectivity index is 1.93. The fourth-order valence-electron chi connectivity index (χ4n) is 2.87. The number of fused-ring (bicyclic) bond motifs is 1. The van der Waals surface area contributed by atoms with Crippen molar-refractivity contribution >= 4 is 17.1 Å². The van der Waals surface area contributed by atoms with Crippen LogP contribution < -0.4 is 5.56 Å². The highest BCUT2D eigenvalue weighted by Crippen LogP contribution is 2.27. The Morgan fingerprint density at radius 1 is 1.12 bits per heavy atom. The SMILES string of the molecule is CC(C)(C)N(Cc1ccc(-c2ccnc3[nH]c(=O)ccc23)cc1)C(=O)O. The van der Waals surface area contributed by atoms with Crippen molar-refractivity contribution in [3.8, 4) is 11.1 Å². The van der Waals surface area contributed by atoms with Crippen molar-refractivity contribution < 1.29 is 9.90 Å². The van der Waals surface area contributed by atoms with Gasteiger partial charge >= 0.3 is 6.09 Å². The van der Waals surface area contributed by atoms with Gasteiger partial charge in [-0.05, 0) is 49.6 Å². The van der Waals surface area contributed by atoms with Crippen LogP contribution in [0.5, 0.6) is 0 Å². The molecule has 0 radical (unpaired) electrons. The summed E-state index contributed by atoms with van der Waals surface area (Å²) in [5, 5.41) is 10.3. The Labute approximate surface area is 151 Å². The molecule has 2 heterocycles. The van der Waals surface area contributed by atoms with E-state index in [2.05, 4.69) is 9.97 Å². The highest BCUT2D eigenvalue weighted by atomic mass is 16.4. The van der Waals surface area contributed by atoms with Crippen LogP contribution in [0.3, 0.4) is 0 Å². The zero-order valence-electron chi connectivity index (χ0n) is 15.0. The van der Waals surface area contributed by atoms with Gasteiger partial charge in [0.05, 0.1) is 0 Å². The van der Waals surface area contributed by atoms with Crippen molar-refractivity contribution in [2.24, 2.45) is 0 Å². The van der Waals surface area contributed by atoms with E-state index in [0.29, 0.717) is 12.2 Å². The van der Waals surface area contributed by atoms with Crippen LogP contribution >= 0.6 is 0 Å².